The van der Waals surface area contributed by atoms with Crippen molar-refractivity contribution in [1.82, 2.24) is 10.3 Å². The van der Waals surface area contributed by atoms with Gasteiger partial charge in [-0.05, 0) is 48.0 Å². The number of hydrogen-bond donors (Lipinski definition) is 2. The van der Waals surface area contributed by atoms with Crippen molar-refractivity contribution in [3.63, 3.8) is 0 Å². The van der Waals surface area contributed by atoms with Gasteiger partial charge in [-0.15, -0.1) is 0 Å². The second-order valence-electron chi connectivity index (χ2n) is 6.52. The first-order chi connectivity index (χ1) is 16.1. The Morgan fingerprint density at radius 3 is 2.12 bits per heavy atom. The molecule has 182 valence electrons. The van der Waals surface area contributed by atoms with Gasteiger partial charge in [-0.1, -0.05) is 13.8 Å². The summed E-state index contributed by atoms with van der Waals surface area (Å²) in [5, 5.41) is 4.77. The van der Waals surface area contributed by atoms with Crippen LogP contribution >= 0.6 is 0 Å². The van der Waals surface area contributed by atoms with Gasteiger partial charge in [-0.25, -0.2) is 22.0 Å². The van der Waals surface area contributed by atoms with Gasteiger partial charge in [-0.3, -0.25) is 14.6 Å². The van der Waals surface area contributed by atoms with E-state index in [1.807, 2.05) is 26.0 Å². The van der Waals surface area contributed by atoms with Crippen molar-refractivity contribution in [2.75, 3.05) is 5.32 Å². The molecule has 10 heteroatoms. The van der Waals surface area contributed by atoms with E-state index in [0.29, 0.717) is 25.9 Å². The molecule has 0 atom stereocenters. The molecule has 3 rings (SSSR count). The summed E-state index contributed by atoms with van der Waals surface area (Å²) in [4.78, 5) is 25.6. The summed E-state index contributed by atoms with van der Waals surface area (Å²) in [6.07, 6.45) is 4.07. The lowest BCUT2D eigenvalue weighted by molar-refractivity contribution is -0.109. The molecular formula is C24H24F5N3O2. The lowest BCUT2D eigenvalue weighted by atomic mass is 10.0. The maximum atomic E-state index is 13.4. The van der Waals surface area contributed by atoms with Crippen molar-refractivity contribution in [3.8, 4) is 0 Å². The van der Waals surface area contributed by atoms with Crippen LogP contribution in [-0.2, 0) is 17.3 Å². The maximum Gasteiger partial charge on any atom is 0.273 e. The molecule has 1 heterocycles. The van der Waals surface area contributed by atoms with Crippen molar-refractivity contribution in [2.24, 2.45) is 0 Å². The quantitative estimate of drug-likeness (QED) is 0.344. The molecule has 0 spiro atoms. The van der Waals surface area contributed by atoms with Crippen LogP contribution in [0.3, 0.4) is 0 Å². The largest absolute Gasteiger partial charge is 0.355 e. The van der Waals surface area contributed by atoms with E-state index in [2.05, 4.69) is 15.6 Å². The molecule has 0 aliphatic heterocycles. The molecule has 0 saturated carbocycles. The van der Waals surface area contributed by atoms with Crippen LogP contribution in [-0.4, -0.2) is 17.3 Å². The van der Waals surface area contributed by atoms with Gasteiger partial charge in [0, 0.05) is 43.2 Å². The fourth-order valence-corrected chi connectivity index (χ4v) is 2.44. The molecule has 2 N–H and O–H groups in total. The van der Waals surface area contributed by atoms with E-state index in [0.717, 1.165) is 35.9 Å². The lowest BCUT2D eigenvalue weighted by Crippen LogP contribution is -2.16. The van der Waals surface area contributed by atoms with Crippen molar-refractivity contribution < 1.29 is 31.5 Å². The summed E-state index contributed by atoms with van der Waals surface area (Å²) in [7, 11) is 0. The zero-order valence-electron chi connectivity index (χ0n) is 18.7. The Morgan fingerprint density at radius 1 is 0.941 bits per heavy atom. The van der Waals surface area contributed by atoms with Crippen molar-refractivity contribution in [1.29, 1.82) is 0 Å². The highest BCUT2D eigenvalue weighted by atomic mass is 19.3. The first-order valence-corrected chi connectivity index (χ1v) is 10.1. The molecule has 34 heavy (non-hydrogen) atoms. The Labute approximate surface area is 194 Å². The van der Waals surface area contributed by atoms with E-state index < -0.39 is 34.8 Å². The highest BCUT2D eigenvalue weighted by molar-refractivity contribution is 6.04. The van der Waals surface area contributed by atoms with Gasteiger partial charge in [0.1, 0.15) is 5.82 Å². The summed E-state index contributed by atoms with van der Waals surface area (Å²) in [6.45, 7) is 5.08. The van der Waals surface area contributed by atoms with Crippen LogP contribution in [0.2, 0.25) is 0 Å². The van der Waals surface area contributed by atoms with Gasteiger partial charge in [0.2, 0.25) is 6.41 Å². The van der Waals surface area contributed by atoms with Gasteiger partial charge in [0.15, 0.2) is 11.6 Å². The highest BCUT2D eigenvalue weighted by Crippen LogP contribution is 2.30. The fraction of sp³-hybridized carbons (Fsp3) is 0.208. The van der Waals surface area contributed by atoms with E-state index in [9.17, 15) is 31.5 Å². The molecule has 0 aliphatic rings. The van der Waals surface area contributed by atoms with Crippen LogP contribution in [0.25, 0.3) is 0 Å². The molecule has 0 saturated heterocycles. The molecule has 0 fully saturated rings. The predicted molar refractivity (Wildman–Crippen MR) is 119 cm³/mol. The number of nitrogens with zero attached hydrogens (tertiary/aromatic N) is 1. The number of rotatable bonds is 6. The third-order valence-corrected chi connectivity index (χ3v) is 4.02. The number of nitrogens with one attached hydrogen (secondary N) is 2. The topological polar surface area (TPSA) is 71.1 Å². The Bertz CT molecular complexity index is 1070. The first-order valence-electron chi connectivity index (χ1n) is 10.1. The molecule has 2 amide bonds. The molecule has 0 bridgehead atoms. The van der Waals surface area contributed by atoms with Crippen LogP contribution in [0.4, 0.5) is 27.6 Å². The minimum atomic E-state index is -3.46. The molecule has 0 aliphatic carbocycles. The Kier molecular flexibility index (Phi) is 11.3. The van der Waals surface area contributed by atoms with E-state index in [1.165, 1.54) is 0 Å². The van der Waals surface area contributed by atoms with Gasteiger partial charge in [-0.2, -0.15) is 0 Å². The van der Waals surface area contributed by atoms with Crippen molar-refractivity contribution in [2.45, 2.75) is 33.2 Å². The van der Waals surface area contributed by atoms with Gasteiger partial charge >= 0.3 is 0 Å². The normalized spacial score (nSPS) is 10.1. The van der Waals surface area contributed by atoms with E-state index in [-0.39, 0.29) is 11.3 Å². The van der Waals surface area contributed by atoms with E-state index in [1.54, 1.807) is 12.4 Å². The van der Waals surface area contributed by atoms with Gasteiger partial charge < -0.3 is 10.6 Å². The SMILES string of the molecule is CC.CC(F)(F)c1cc(C(=O)Nc2ccc(F)c(F)c2)ccc1F.O=CNCc1ccncc1. The second-order valence-corrected chi connectivity index (χ2v) is 6.52. The van der Waals surface area contributed by atoms with Crippen LogP contribution < -0.4 is 10.6 Å². The number of carbonyl (C=O) groups is 2. The molecule has 2 aromatic carbocycles. The summed E-state index contributed by atoms with van der Waals surface area (Å²) in [5.41, 5.74) is -0.159. The summed E-state index contributed by atoms with van der Waals surface area (Å²) in [5.74, 6) is -7.71. The predicted octanol–water partition coefficient (Wildman–Crippen LogP) is 5.82. The molecule has 0 unspecified atom stereocenters. The number of pyridine rings is 1. The minimum Gasteiger partial charge on any atom is -0.355 e. The molecule has 1 aromatic heterocycles. The Morgan fingerprint density at radius 2 is 1.56 bits per heavy atom. The molecule has 3 aromatic rings. The van der Waals surface area contributed by atoms with Crippen molar-refractivity contribution >= 4 is 18.0 Å². The first kappa shape index (κ1) is 28.2. The number of benzene rings is 2. The highest BCUT2D eigenvalue weighted by Gasteiger charge is 2.29. The van der Waals surface area contributed by atoms with E-state index >= 15 is 0 Å². The molecular weight excluding hydrogens is 457 g/mol. The van der Waals surface area contributed by atoms with Gasteiger partial charge in [0.25, 0.3) is 11.8 Å². The number of alkyl halides is 2. The molecule has 5 nitrogen and oxygen atoms in total. The number of halogens is 5. The van der Waals surface area contributed by atoms with Crippen LogP contribution in [0.1, 0.15) is 42.3 Å². The number of hydrogen-bond acceptors (Lipinski definition) is 3. The second kappa shape index (κ2) is 13.7. The third kappa shape index (κ3) is 8.97. The van der Waals surface area contributed by atoms with Gasteiger partial charge in [0.05, 0.1) is 5.56 Å². The number of aromatic nitrogens is 1. The average Bonchev–Trinajstić information content (AvgIpc) is 2.82. The summed E-state index contributed by atoms with van der Waals surface area (Å²) in [6, 6.07) is 8.84. The number of anilines is 1. The average molecular weight is 481 g/mol. The minimum absolute atomic E-state index is 0.0574. The Hall–Kier alpha value is -3.82. The molecule has 0 radical (unpaired) electrons. The number of carbonyl (C=O) groups excluding carboxylic acids is 2. The van der Waals surface area contributed by atoms with Crippen LogP contribution in [0.5, 0.6) is 0 Å². The summed E-state index contributed by atoms with van der Waals surface area (Å²) < 4.78 is 65.6. The third-order valence-electron chi connectivity index (χ3n) is 4.02. The standard InChI is InChI=1S/C15H10F5NO.C7H8N2O.C2H6/c1-15(19,20)10-6-8(2-4-11(10)16)14(22)21-9-3-5-12(17)13(18)7-9;10-6-9-5-7-1-3-8-4-2-7;1-2/h2-7H,1H3,(H,21,22);1-4,6H,5H2,(H,9,10);1-2H3. The Balaban J connectivity index is 0.000000402. The zero-order chi connectivity index (χ0) is 25.7. The fourth-order valence-electron chi connectivity index (χ4n) is 2.44. The van der Waals surface area contributed by atoms with Crippen molar-refractivity contribution in [3.05, 3.63) is 95.1 Å². The van der Waals surface area contributed by atoms with Crippen LogP contribution in [0.15, 0.2) is 60.9 Å². The monoisotopic (exact) mass is 481 g/mol. The smallest absolute Gasteiger partial charge is 0.273 e. The maximum absolute atomic E-state index is 13.4. The number of amides is 2. The summed E-state index contributed by atoms with van der Waals surface area (Å²) >= 11 is 0. The van der Waals surface area contributed by atoms with E-state index in [4.69, 9.17) is 0 Å². The zero-order valence-corrected chi connectivity index (χ0v) is 18.7. The van der Waals surface area contributed by atoms with Crippen LogP contribution in [0, 0.1) is 17.5 Å². The lowest BCUT2D eigenvalue weighted by Gasteiger charge is -2.13.